The van der Waals surface area contributed by atoms with Crippen LogP contribution in [0.25, 0.3) is 11.3 Å². The number of amides is 1. The lowest BCUT2D eigenvalue weighted by atomic mass is 9.99. The van der Waals surface area contributed by atoms with Gasteiger partial charge in [0.1, 0.15) is 11.7 Å². The normalized spacial score (nSPS) is 15.6. The number of ether oxygens (including phenoxy) is 1. The number of aromatic amines is 1. The Morgan fingerprint density at radius 3 is 2.69 bits per heavy atom. The largest absolute Gasteiger partial charge is 0.385 e. The van der Waals surface area contributed by atoms with Gasteiger partial charge in [-0.2, -0.15) is 5.10 Å². The summed E-state index contributed by atoms with van der Waals surface area (Å²) in [6.07, 6.45) is 2.38. The Balaban J connectivity index is 1.78. The molecule has 0 radical (unpaired) electrons. The molecule has 0 aliphatic carbocycles. The average Bonchev–Trinajstić information content (AvgIpc) is 3.28. The molecule has 148 valence electrons. The highest BCUT2D eigenvalue weighted by atomic mass is 16.6. The second-order valence-corrected chi connectivity index (χ2v) is 6.67. The van der Waals surface area contributed by atoms with Gasteiger partial charge in [0.05, 0.1) is 16.3 Å². The standard InChI is InChI=1S/C20H19N5O4/c1-29-12-4-11-24-19(15-5-2-3-10-21-15)16-17(22-23-18(16)20(24)26)13-6-8-14(9-7-13)25(27)28/h2-3,5-10,19H,4,11-12H2,1H3,(H,22,23). The first-order valence-corrected chi connectivity index (χ1v) is 9.15. The lowest BCUT2D eigenvalue weighted by Crippen LogP contribution is -2.31. The first-order valence-electron chi connectivity index (χ1n) is 9.15. The van der Waals surface area contributed by atoms with E-state index >= 15 is 0 Å². The van der Waals surface area contributed by atoms with Gasteiger partial charge in [-0.25, -0.2) is 0 Å². The lowest BCUT2D eigenvalue weighted by molar-refractivity contribution is -0.384. The summed E-state index contributed by atoms with van der Waals surface area (Å²) in [6.45, 7) is 1.05. The molecule has 0 saturated carbocycles. The number of nitrogens with one attached hydrogen (secondary N) is 1. The molecular weight excluding hydrogens is 374 g/mol. The minimum atomic E-state index is -0.448. The van der Waals surface area contributed by atoms with Gasteiger partial charge in [-0.05, 0) is 30.7 Å². The van der Waals surface area contributed by atoms with Crippen LogP contribution >= 0.6 is 0 Å². The highest BCUT2D eigenvalue weighted by Gasteiger charge is 2.42. The van der Waals surface area contributed by atoms with Crippen molar-refractivity contribution in [2.45, 2.75) is 12.5 Å². The molecule has 0 bridgehead atoms. The summed E-state index contributed by atoms with van der Waals surface area (Å²) in [5, 5.41) is 18.2. The van der Waals surface area contributed by atoms with Crippen molar-refractivity contribution in [1.29, 1.82) is 0 Å². The second kappa shape index (κ2) is 7.80. The maximum atomic E-state index is 13.1. The molecule has 3 heterocycles. The molecular formula is C20H19N5O4. The van der Waals surface area contributed by atoms with Gasteiger partial charge in [0, 0.05) is 49.7 Å². The molecule has 2 aromatic heterocycles. The van der Waals surface area contributed by atoms with Gasteiger partial charge >= 0.3 is 0 Å². The van der Waals surface area contributed by atoms with E-state index in [-0.39, 0.29) is 17.6 Å². The molecule has 9 heteroatoms. The molecule has 29 heavy (non-hydrogen) atoms. The van der Waals surface area contributed by atoms with Gasteiger partial charge in [-0.15, -0.1) is 0 Å². The van der Waals surface area contributed by atoms with Crippen LogP contribution in [0.5, 0.6) is 0 Å². The number of hydrogen-bond acceptors (Lipinski definition) is 6. The Labute approximate surface area is 166 Å². The molecule has 1 N–H and O–H groups in total. The Hall–Kier alpha value is -3.59. The molecule has 1 aliphatic heterocycles. The van der Waals surface area contributed by atoms with Crippen LogP contribution in [-0.2, 0) is 4.74 Å². The van der Waals surface area contributed by atoms with Crippen LogP contribution in [-0.4, -0.2) is 51.2 Å². The van der Waals surface area contributed by atoms with Crippen LogP contribution < -0.4 is 0 Å². The summed E-state index contributed by atoms with van der Waals surface area (Å²) in [6, 6.07) is 11.3. The van der Waals surface area contributed by atoms with Crippen molar-refractivity contribution in [3.05, 3.63) is 75.7 Å². The lowest BCUT2D eigenvalue weighted by Gasteiger charge is -2.25. The fourth-order valence-corrected chi connectivity index (χ4v) is 3.61. The van der Waals surface area contributed by atoms with E-state index in [1.807, 2.05) is 18.2 Å². The number of benzene rings is 1. The number of nitro groups is 1. The molecule has 0 spiro atoms. The zero-order valence-corrected chi connectivity index (χ0v) is 15.7. The van der Waals surface area contributed by atoms with E-state index in [1.165, 1.54) is 12.1 Å². The first-order chi connectivity index (χ1) is 14.1. The van der Waals surface area contributed by atoms with Crippen molar-refractivity contribution < 1.29 is 14.5 Å². The van der Waals surface area contributed by atoms with Crippen molar-refractivity contribution in [2.24, 2.45) is 0 Å². The third-order valence-corrected chi connectivity index (χ3v) is 4.93. The van der Waals surface area contributed by atoms with Crippen molar-refractivity contribution in [3.8, 4) is 11.3 Å². The number of pyridine rings is 1. The van der Waals surface area contributed by atoms with Crippen molar-refractivity contribution in [1.82, 2.24) is 20.1 Å². The van der Waals surface area contributed by atoms with Gasteiger partial charge < -0.3 is 9.64 Å². The topological polar surface area (TPSA) is 114 Å². The number of H-pyrrole nitrogens is 1. The SMILES string of the molecule is COCCCN1C(=O)c2[nH]nc(-c3ccc([N+](=O)[O-])cc3)c2C1c1ccccn1. The van der Waals surface area contributed by atoms with Crippen molar-refractivity contribution >= 4 is 11.6 Å². The van der Waals surface area contributed by atoms with Crippen LogP contribution in [0.3, 0.4) is 0 Å². The van der Waals surface area contributed by atoms with Gasteiger partial charge in [0.25, 0.3) is 11.6 Å². The molecule has 1 unspecified atom stereocenters. The maximum Gasteiger partial charge on any atom is 0.273 e. The number of carbonyl (C=O) groups excluding carboxylic acids is 1. The fraction of sp³-hybridized carbons (Fsp3) is 0.250. The highest BCUT2D eigenvalue weighted by Crippen LogP contribution is 2.42. The van der Waals surface area contributed by atoms with Crippen LogP contribution in [0.1, 0.15) is 34.2 Å². The average molecular weight is 393 g/mol. The molecule has 1 atom stereocenters. The maximum absolute atomic E-state index is 13.1. The van der Waals surface area contributed by atoms with Crippen LogP contribution in [0.2, 0.25) is 0 Å². The van der Waals surface area contributed by atoms with Gasteiger partial charge in [0.2, 0.25) is 0 Å². The van der Waals surface area contributed by atoms with Crippen LogP contribution in [0.4, 0.5) is 5.69 Å². The number of methoxy groups -OCH3 is 1. The summed E-state index contributed by atoms with van der Waals surface area (Å²) in [5.74, 6) is -0.146. The summed E-state index contributed by atoms with van der Waals surface area (Å²) in [4.78, 5) is 29.8. The molecule has 3 aromatic rings. The third kappa shape index (κ3) is 3.36. The van der Waals surface area contributed by atoms with E-state index in [4.69, 9.17) is 4.74 Å². The molecule has 1 aliphatic rings. The number of fused-ring (bicyclic) bond motifs is 1. The zero-order chi connectivity index (χ0) is 20.4. The van der Waals surface area contributed by atoms with E-state index in [9.17, 15) is 14.9 Å². The molecule has 0 saturated heterocycles. The van der Waals surface area contributed by atoms with Gasteiger partial charge in [-0.3, -0.25) is 25.0 Å². The monoisotopic (exact) mass is 393 g/mol. The van der Waals surface area contributed by atoms with Crippen molar-refractivity contribution in [3.63, 3.8) is 0 Å². The minimum Gasteiger partial charge on any atom is -0.385 e. The van der Waals surface area contributed by atoms with Crippen LogP contribution in [0.15, 0.2) is 48.7 Å². The summed E-state index contributed by atoms with van der Waals surface area (Å²) >= 11 is 0. The predicted molar refractivity (Wildman–Crippen MR) is 104 cm³/mol. The summed E-state index contributed by atoms with van der Waals surface area (Å²) < 4.78 is 5.13. The number of hydrogen-bond donors (Lipinski definition) is 1. The smallest absolute Gasteiger partial charge is 0.273 e. The van der Waals surface area contributed by atoms with E-state index in [0.717, 1.165) is 11.3 Å². The molecule has 1 aromatic carbocycles. The summed E-state index contributed by atoms with van der Waals surface area (Å²) in [7, 11) is 1.63. The molecule has 0 fully saturated rings. The Morgan fingerprint density at radius 1 is 1.24 bits per heavy atom. The number of non-ortho nitro benzene ring substituents is 1. The fourth-order valence-electron chi connectivity index (χ4n) is 3.61. The number of aromatic nitrogens is 3. The zero-order valence-electron chi connectivity index (χ0n) is 15.7. The number of rotatable bonds is 7. The number of nitro benzene ring substituents is 1. The van der Waals surface area contributed by atoms with Crippen molar-refractivity contribution in [2.75, 3.05) is 20.3 Å². The second-order valence-electron chi connectivity index (χ2n) is 6.67. The molecule has 4 rings (SSSR count). The Morgan fingerprint density at radius 2 is 2.03 bits per heavy atom. The highest BCUT2D eigenvalue weighted by molar-refractivity contribution is 6.00. The van der Waals surface area contributed by atoms with Gasteiger partial charge in [-0.1, -0.05) is 6.07 Å². The molecule has 1 amide bonds. The third-order valence-electron chi connectivity index (χ3n) is 4.93. The Bertz CT molecular complexity index is 1030. The van der Waals surface area contributed by atoms with E-state index < -0.39 is 4.92 Å². The predicted octanol–water partition coefficient (Wildman–Crippen LogP) is 2.96. The van der Waals surface area contributed by atoms with E-state index in [1.54, 1.807) is 30.3 Å². The molecule has 9 nitrogen and oxygen atoms in total. The summed E-state index contributed by atoms with van der Waals surface area (Å²) in [5.41, 5.74) is 3.18. The first kappa shape index (κ1) is 18.8. The number of nitrogens with zero attached hydrogens (tertiary/aromatic N) is 4. The van der Waals surface area contributed by atoms with Gasteiger partial charge in [0.15, 0.2) is 0 Å². The Kier molecular flexibility index (Phi) is 5.05. The van der Waals surface area contributed by atoms with E-state index in [0.29, 0.717) is 36.5 Å². The van der Waals surface area contributed by atoms with E-state index in [2.05, 4.69) is 15.2 Å². The quantitative estimate of drug-likeness (QED) is 0.375. The number of carbonyl (C=O) groups is 1. The minimum absolute atomic E-state index is 0.000485. The van der Waals surface area contributed by atoms with Crippen LogP contribution in [0, 0.1) is 10.1 Å².